The van der Waals surface area contributed by atoms with Crippen molar-refractivity contribution in [3.05, 3.63) is 29.8 Å². The third-order valence-corrected chi connectivity index (χ3v) is 3.38. The van der Waals surface area contributed by atoms with Crippen LogP contribution in [0.15, 0.2) is 24.3 Å². The molecular weight excluding hydrogens is 296 g/mol. The summed E-state index contributed by atoms with van der Waals surface area (Å²) in [6.07, 6.45) is 3.07. The topological polar surface area (TPSA) is 75.7 Å². The summed E-state index contributed by atoms with van der Waals surface area (Å²) in [6, 6.07) is 6.38. The zero-order valence-electron chi connectivity index (χ0n) is 13.9. The van der Waals surface area contributed by atoms with Gasteiger partial charge in [-0.25, -0.2) is 4.79 Å². The van der Waals surface area contributed by atoms with Crippen LogP contribution in [0.2, 0.25) is 0 Å². The lowest BCUT2D eigenvalue weighted by Crippen LogP contribution is -2.40. The molecule has 6 nitrogen and oxygen atoms in total. The van der Waals surface area contributed by atoms with Crippen molar-refractivity contribution in [1.82, 2.24) is 5.32 Å². The molecule has 0 spiro atoms. The van der Waals surface area contributed by atoms with Gasteiger partial charge in [-0.05, 0) is 30.7 Å². The van der Waals surface area contributed by atoms with Crippen molar-refractivity contribution in [2.45, 2.75) is 33.1 Å². The minimum Gasteiger partial charge on any atom is -0.465 e. The Morgan fingerprint density at radius 1 is 1.13 bits per heavy atom. The van der Waals surface area contributed by atoms with Gasteiger partial charge in [-0.15, -0.1) is 0 Å². The van der Waals surface area contributed by atoms with Crippen LogP contribution in [0.4, 0.5) is 5.69 Å². The molecule has 126 valence electrons. The Hall–Kier alpha value is -2.37. The lowest BCUT2D eigenvalue weighted by molar-refractivity contribution is -0.123. The van der Waals surface area contributed by atoms with E-state index in [1.807, 2.05) is 0 Å². The normalized spacial score (nSPS) is 10.0. The Kier molecular flexibility index (Phi) is 7.80. The van der Waals surface area contributed by atoms with Crippen LogP contribution in [0.5, 0.6) is 0 Å². The summed E-state index contributed by atoms with van der Waals surface area (Å²) in [5.74, 6) is -0.882. The third kappa shape index (κ3) is 6.10. The number of nitrogens with zero attached hydrogens (tertiary/aromatic N) is 1. The van der Waals surface area contributed by atoms with E-state index in [1.54, 1.807) is 24.3 Å². The van der Waals surface area contributed by atoms with Crippen molar-refractivity contribution in [3.8, 4) is 0 Å². The lowest BCUT2D eigenvalue weighted by atomic mass is 10.2. The molecule has 1 aromatic carbocycles. The quantitative estimate of drug-likeness (QED) is 0.588. The van der Waals surface area contributed by atoms with E-state index in [2.05, 4.69) is 17.0 Å². The molecule has 0 atom stereocenters. The van der Waals surface area contributed by atoms with Gasteiger partial charge in [-0.1, -0.05) is 19.8 Å². The number of unbranched alkanes of at least 4 members (excludes halogenated alkanes) is 2. The summed E-state index contributed by atoms with van der Waals surface area (Å²) < 4.78 is 4.63. The predicted molar refractivity (Wildman–Crippen MR) is 88.3 cm³/mol. The number of rotatable bonds is 8. The zero-order valence-corrected chi connectivity index (χ0v) is 13.9. The van der Waals surface area contributed by atoms with Gasteiger partial charge >= 0.3 is 5.97 Å². The molecule has 2 amide bonds. The zero-order chi connectivity index (χ0) is 17.2. The molecule has 0 radical (unpaired) electrons. The van der Waals surface area contributed by atoms with E-state index in [-0.39, 0.29) is 18.4 Å². The first-order valence-electron chi connectivity index (χ1n) is 7.72. The highest BCUT2D eigenvalue weighted by Gasteiger charge is 2.16. The summed E-state index contributed by atoms with van der Waals surface area (Å²) in [6.45, 7) is 4.06. The number of nitrogens with one attached hydrogen (secondary N) is 1. The first-order valence-corrected chi connectivity index (χ1v) is 7.72. The van der Waals surface area contributed by atoms with E-state index in [4.69, 9.17) is 0 Å². The van der Waals surface area contributed by atoms with Crippen LogP contribution in [0.25, 0.3) is 0 Å². The number of methoxy groups -OCH3 is 1. The first kappa shape index (κ1) is 18.7. The van der Waals surface area contributed by atoms with E-state index in [1.165, 1.54) is 18.9 Å². The number of hydrogen-bond donors (Lipinski definition) is 1. The fourth-order valence-electron chi connectivity index (χ4n) is 2.08. The number of carbonyl (C=O) groups excluding carboxylic acids is 3. The summed E-state index contributed by atoms with van der Waals surface area (Å²) in [4.78, 5) is 36.5. The van der Waals surface area contributed by atoms with Gasteiger partial charge in [0.15, 0.2) is 0 Å². The Bertz CT molecular complexity index is 540. The van der Waals surface area contributed by atoms with Crippen molar-refractivity contribution in [2.75, 3.05) is 25.1 Å². The molecule has 1 N–H and O–H groups in total. The molecule has 0 saturated heterocycles. The summed E-state index contributed by atoms with van der Waals surface area (Å²) in [7, 11) is 1.31. The van der Waals surface area contributed by atoms with Gasteiger partial charge in [0.25, 0.3) is 0 Å². The Balaban J connectivity index is 2.69. The standard InChI is InChI=1S/C17H24N2O4/c1-4-5-6-11-18-16(21)12-19(13(2)20)15-9-7-14(8-10-15)17(22)23-3/h7-10H,4-6,11-12H2,1-3H3,(H,18,21). The molecular formula is C17H24N2O4. The number of carbonyl (C=O) groups is 3. The molecule has 1 aromatic rings. The Labute approximate surface area is 136 Å². The van der Waals surface area contributed by atoms with Gasteiger partial charge in [0.1, 0.15) is 6.54 Å². The monoisotopic (exact) mass is 320 g/mol. The number of hydrogen-bond acceptors (Lipinski definition) is 4. The molecule has 0 bridgehead atoms. The summed E-state index contributed by atoms with van der Waals surface area (Å²) in [5.41, 5.74) is 0.956. The maximum absolute atomic E-state index is 11.9. The second-order valence-corrected chi connectivity index (χ2v) is 5.20. The third-order valence-electron chi connectivity index (χ3n) is 3.38. The van der Waals surface area contributed by atoms with Gasteiger partial charge in [-0.3, -0.25) is 9.59 Å². The fourth-order valence-corrected chi connectivity index (χ4v) is 2.08. The highest BCUT2D eigenvalue weighted by atomic mass is 16.5. The van der Waals surface area contributed by atoms with E-state index in [0.29, 0.717) is 17.8 Å². The summed E-state index contributed by atoms with van der Waals surface area (Å²) >= 11 is 0. The molecule has 0 aliphatic carbocycles. The van der Waals surface area contributed by atoms with Gasteiger partial charge in [0.05, 0.1) is 12.7 Å². The lowest BCUT2D eigenvalue weighted by Gasteiger charge is -2.21. The van der Waals surface area contributed by atoms with Crippen LogP contribution >= 0.6 is 0 Å². The molecule has 0 aliphatic rings. The predicted octanol–water partition coefficient (Wildman–Crippen LogP) is 2.13. The van der Waals surface area contributed by atoms with E-state index >= 15 is 0 Å². The molecule has 0 unspecified atom stereocenters. The van der Waals surface area contributed by atoms with Crippen LogP contribution in [0.3, 0.4) is 0 Å². The first-order chi connectivity index (χ1) is 11.0. The molecule has 0 fully saturated rings. The van der Waals surface area contributed by atoms with Crippen molar-refractivity contribution in [3.63, 3.8) is 0 Å². The van der Waals surface area contributed by atoms with E-state index < -0.39 is 5.97 Å². The smallest absolute Gasteiger partial charge is 0.337 e. The number of amides is 2. The van der Waals surface area contributed by atoms with Crippen LogP contribution in [0.1, 0.15) is 43.5 Å². The molecule has 23 heavy (non-hydrogen) atoms. The summed E-state index contributed by atoms with van der Waals surface area (Å²) in [5, 5.41) is 2.80. The van der Waals surface area contributed by atoms with Gasteiger partial charge in [-0.2, -0.15) is 0 Å². The van der Waals surface area contributed by atoms with Gasteiger partial charge < -0.3 is 15.0 Å². The minimum atomic E-state index is -0.445. The molecule has 0 aromatic heterocycles. The molecule has 0 heterocycles. The average molecular weight is 320 g/mol. The number of anilines is 1. The van der Waals surface area contributed by atoms with Crippen LogP contribution in [-0.2, 0) is 14.3 Å². The van der Waals surface area contributed by atoms with Crippen LogP contribution in [-0.4, -0.2) is 38.0 Å². The van der Waals surface area contributed by atoms with Gasteiger partial charge in [0, 0.05) is 19.2 Å². The highest BCUT2D eigenvalue weighted by molar-refractivity contribution is 5.98. The second-order valence-electron chi connectivity index (χ2n) is 5.20. The Morgan fingerprint density at radius 2 is 1.78 bits per heavy atom. The fraction of sp³-hybridized carbons (Fsp3) is 0.471. The van der Waals surface area contributed by atoms with E-state index in [9.17, 15) is 14.4 Å². The number of esters is 1. The minimum absolute atomic E-state index is 0.0426. The molecule has 1 rings (SSSR count). The second kappa shape index (κ2) is 9.61. The molecule has 6 heteroatoms. The SMILES string of the molecule is CCCCCNC(=O)CN(C(C)=O)c1ccc(C(=O)OC)cc1. The van der Waals surface area contributed by atoms with Crippen molar-refractivity contribution in [2.24, 2.45) is 0 Å². The largest absolute Gasteiger partial charge is 0.465 e. The number of benzene rings is 1. The Morgan fingerprint density at radius 3 is 2.30 bits per heavy atom. The highest BCUT2D eigenvalue weighted by Crippen LogP contribution is 2.16. The number of ether oxygens (including phenoxy) is 1. The van der Waals surface area contributed by atoms with Crippen LogP contribution < -0.4 is 10.2 Å². The molecule has 0 aliphatic heterocycles. The van der Waals surface area contributed by atoms with Crippen molar-refractivity contribution >= 4 is 23.5 Å². The maximum Gasteiger partial charge on any atom is 0.337 e. The van der Waals surface area contributed by atoms with Crippen LogP contribution in [0, 0.1) is 0 Å². The molecule has 0 saturated carbocycles. The van der Waals surface area contributed by atoms with Gasteiger partial charge in [0.2, 0.25) is 11.8 Å². The average Bonchev–Trinajstić information content (AvgIpc) is 2.56. The maximum atomic E-state index is 11.9. The van der Waals surface area contributed by atoms with Crippen molar-refractivity contribution < 1.29 is 19.1 Å². The van der Waals surface area contributed by atoms with Crippen molar-refractivity contribution in [1.29, 1.82) is 0 Å². The van der Waals surface area contributed by atoms with E-state index in [0.717, 1.165) is 19.3 Å².